The van der Waals surface area contributed by atoms with Crippen LogP contribution in [0.3, 0.4) is 0 Å². The quantitative estimate of drug-likeness (QED) is 0.708. The number of halogens is 2. The molecule has 0 radical (unpaired) electrons. The van der Waals surface area contributed by atoms with Gasteiger partial charge in [0.15, 0.2) is 17.4 Å². The van der Waals surface area contributed by atoms with Gasteiger partial charge >= 0.3 is 5.97 Å². The van der Waals surface area contributed by atoms with Gasteiger partial charge in [0.05, 0.1) is 12.2 Å². The lowest BCUT2D eigenvalue weighted by atomic mass is 9.75. The van der Waals surface area contributed by atoms with Gasteiger partial charge in [0.1, 0.15) is 0 Å². The molecule has 0 amide bonds. The first kappa shape index (κ1) is 21.0. The van der Waals surface area contributed by atoms with Crippen LogP contribution in [0.4, 0.5) is 8.78 Å². The molecular formula is C25H23F2NO3. The predicted octanol–water partition coefficient (Wildman–Crippen LogP) is 4.72. The van der Waals surface area contributed by atoms with Crippen LogP contribution in [0.1, 0.15) is 43.2 Å². The van der Waals surface area contributed by atoms with Crippen LogP contribution in [0, 0.1) is 11.6 Å². The van der Waals surface area contributed by atoms with Gasteiger partial charge in [0, 0.05) is 35.7 Å². The smallest absolute Gasteiger partial charge is 0.336 e. The third-order valence-corrected chi connectivity index (χ3v) is 5.74. The number of dihydropyridines is 1. The Morgan fingerprint density at radius 1 is 1.10 bits per heavy atom. The van der Waals surface area contributed by atoms with E-state index in [1.807, 2.05) is 30.3 Å². The molecule has 1 aliphatic heterocycles. The van der Waals surface area contributed by atoms with Gasteiger partial charge in [-0.05, 0) is 43.0 Å². The lowest BCUT2D eigenvalue weighted by Gasteiger charge is -2.34. The van der Waals surface area contributed by atoms with E-state index < -0.39 is 23.5 Å². The fourth-order valence-corrected chi connectivity index (χ4v) is 4.26. The van der Waals surface area contributed by atoms with Gasteiger partial charge in [-0.15, -0.1) is 0 Å². The Labute approximate surface area is 179 Å². The molecule has 0 bridgehead atoms. The minimum Gasteiger partial charge on any atom is -0.462 e. The Balaban J connectivity index is 1.66. The number of rotatable bonds is 5. The molecule has 0 saturated carbocycles. The molecule has 4 rings (SSSR count). The third kappa shape index (κ3) is 4.29. The van der Waals surface area contributed by atoms with E-state index in [-0.39, 0.29) is 18.0 Å². The number of nitrogens with one attached hydrogen (secondary N) is 1. The molecule has 0 saturated heterocycles. The Bertz CT molecular complexity index is 1090. The van der Waals surface area contributed by atoms with Crippen molar-refractivity contribution < 1.29 is 23.1 Å². The van der Waals surface area contributed by atoms with E-state index >= 15 is 0 Å². The highest BCUT2D eigenvalue weighted by atomic mass is 19.2. The van der Waals surface area contributed by atoms with Crippen molar-refractivity contribution in [2.45, 2.75) is 38.5 Å². The van der Waals surface area contributed by atoms with E-state index in [0.29, 0.717) is 42.5 Å². The van der Waals surface area contributed by atoms with Crippen LogP contribution in [0.25, 0.3) is 0 Å². The van der Waals surface area contributed by atoms with Crippen LogP contribution >= 0.6 is 0 Å². The van der Waals surface area contributed by atoms with Crippen molar-refractivity contribution >= 4 is 11.8 Å². The SMILES string of the molecule is CC1=C(C(=O)OCCc2ccccc2)C(c2ccc(F)c(F)c2)C2=C(CCCC2=O)N1. The van der Waals surface area contributed by atoms with Crippen molar-refractivity contribution in [1.29, 1.82) is 0 Å². The molecule has 1 unspecified atom stereocenters. The number of allylic oxidation sites excluding steroid dienone is 3. The van der Waals surface area contributed by atoms with Crippen LogP contribution in [-0.2, 0) is 20.7 Å². The van der Waals surface area contributed by atoms with Gasteiger partial charge in [-0.1, -0.05) is 36.4 Å². The van der Waals surface area contributed by atoms with Crippen LogP contribution in [0.2, 0.25) is 0 Å². The summed E-state index contributed by atoms with van der Waals surface area (Å²) in [6.07, 6.45) is 2.28. The fourth-order valence-electron chi connectivity index (χ4n) is 4.26. The number of carbonyl (C=O) groups excluding carboxylic acids is 2. The Kier molecular flexibility index (Phi) is 5.98. The second-order valence-electron chi connectivity index (χ2n) is 7.81. The summed E-state index contributed by atoms with van der Waals surface area (Å²) in [5.74, 6) is -3.44. The van der Waals surface area contributed by atoms with E-state index in [9.17, 15) is 18.4 Å². The maximum absolute atomic E-state index is 14.0. The number of hydrogen-bond acceptors (Lipinski definition) is 4. The van der Waals surface area contributed by atoms with E-state index in [2.05, 4.69) is 5.32 Å². The van der Waals surface area contributed by atoms with Gasteiger partial charge in [0.25, 0.3) is 0 Å². The van der Waals surface area contributed by atoms with E-state index in [0.717, 1.165) is 23.4 Å². The summed E-state index contributed by atoms with van der Waals surface area (Å²) < 4.78 is 33.2. The predicted molar refractivity (Wildman–Crippen MR) is 112 cm³/mol. The van der Waals surface area contributed by atoms with Gasteiger partial charge < -0.3 is 10.1 Å². The number of ether oxygens (including phenoxy) is 1. The second kappa shape index (κ2) is 8.84. The van der Waals surface area contributed by atoms with Gasteiger partial charge in [-0.2, -0.15) is 0 Å². The van der Waals surface area contributed by atoms with Crippen molar-refractivity contribution in [3.63, 3.8) is 0 Å². The maximum atomic E-state index is 14.0. The largest absolute Gasteiger partial charge is 0.462 e. The van der Waals surface area contributed by atoms with Gasteiger partial charge in [0.2, 0.25) is 0 Å². The molecule has 6 heteroatoms. The first-order valence-electron chi connectivity index (χ1n) is 10.4. The highest BCUT2D eigenvalue weighted by Crippen LogP contribution is 2.42. The molecule has 160 valence electrons. The fraction of sp³-hybridized carbons (Fsp3) is 0.280. The standard InChI is InChI=1S/C25H23F2NO3/c1-15-22(25(30)31-13-12-16-6-3-2-4-7-16)23(17-10-11-18(26)19(27)14-17)24-20(28-15)8-5-9-21(24)29/h2-4,6-7,10-11,14,23,28H,5,8-9,12-13H2,1H3. The van der Waals surface area contributed by atoms with Crippen molar-refractivity contribution in [3.8, 4) is 0 Å². The first-order chi connectivity index (χ1) is 15.0. The third-order valence-electron chi connectivity index (χ3n) is 5.74. The summed E-state index contributed by atoms with van der Waals surface area (Å²) in [7, 11) is 0. The topological polar surface area (TPSA) is 55.4 Å². The van der Waals surface area contributed by atoms with Crippen LogP contribution in [0.15, 0.2) is 71.1 Å². The molecule has 4 nitrogen and oxygen atoms in total. The van der Waals surface area contributed by atoms with Crippen molar-refractivity contribution in [3.05, 3.63) is 93.8 Å². The Morgan fingerprint density at radius 3 is 2.61 bits per heavy atom. The number of carbonyl (C=O) groups is 2. The van der Waals surface area contributed by atoms with Crippen LogP contribution in [-0.4, -0.2) is 18.4 Å². The molecule has 1 atom stereocenters. The van der Waals surface area contributed by atoms with Crippen LogP contribution < -0.4 is 5.32 Å². The number of benzene rings is 2. The second-order valence-corrected chi connectivity index (χ2v) is 7.81. The van der Waals surface area contributed by atoms with E-state index in [1.165, 1.54) is 6.07 Å². The lowest BCUT2D eigenvalue weighted by Crippen LogP contribution is -2.34. The Morgan fingerprint density at radius 2 is 1.87 bits per heavy atom. The van der Waals surface area contributed by atoms with Gasteiger partial charge in [-0.3, -0.25) is 4.79 Å². The minimum atomic E-state index is -1.02. The molecule has 31 heavy (non-hydrogen) atoms. The average molecular weight is 423 g/mol. The minimum absolute atomic E-state index is 0.0921. The molecule has 1 heterocycles. The Hall–Kier alpha value is -3.28. The average Bonchev–Trinajstić information content (AvgIpc) is 2.75. The lowest BCUT2D eigenvalue weighted by molar-refractivity contribution is -0.139. The first-order valence-corrected chi connectivity index (χ1v) is 10.4. The van der Waals surface area contributed by atoms with Crippen molar-refractivity contribution in [2.24, 2.45) is 0 Å². The summed E-state index contributed by atoms with van der Waals surface area (Å²) in [4.78, 5) is 25.9. The van der Waals surface area contributed by atoms with Crippen LogP contribution in [0.5, 0.6) is 0 Å². The summed E-state index contributed by atoms with van der Waals surface area (Å²) in [5.41, 5.74) is 3.40. The molecular weight excluding hydrogens is 400 g/mol. The molecule has 0 spiro atoms. The van der Waals surface area contributed by atoms with Crippen molar-refractivity contribution in [1.82, 2.24) is 5.32 Å². The summed E-state index contributed by atoms with van der Waals surface area (Å²) in [5, 5.41) is 3.18. The van der Waals surface area contributed by atoms with E-state index in [1.54, 1.807) is 6.92 Å². The highest BCUT2D eigenvalue weighted by Gasteiger charge is 2.39. The highest BCUT2D eigenvalue weighted by molar-refractivity contribution is 6.03. The number of ketones is 1. The summed E-state index contributed by atoms with van der Waals surface area (Å²) in [6, 6.07) is 13.1. The molecule has 1 N–H and O–H groups in total. The normalized spacial score (nSPS) is 18.5. The molecule has 0 fully saturated rings. The molecule has 2 aliphatic rings. The zero-order chi connectivity index (χ0) is 22.0. The molecule has 1 aliphatic carbocycles. The summed E-state index contributed by atoms with van der Waals surface area (Å²) in [6.45, 7) is 1.91. The molecule has 2 aromatic carbocycles. The number of hydrogen-bond donors (Lipinski definition) is 1. The monoisotopic (exact) mass is 423 g/mol. The van der Waals surface area contributed by atoms with Gasteiger partial charge in [-0.25, -0.2) is 13.6 Å². The van der Waals surface area contributed by atoms with Crippen molar-refractivity contribution in [2.75, 3.05) is 6.61 Å². The summed E-state index contributed by atoms with van der Waals surface area (Å²) >= 11 is 0. The molecule has 2 aromatic rings. The number of esters is 1. The molecule has 0 aromatic heterocycles. The number of Topliss-reactive ketones (excluding diaryl/α,β-unsaturated/α-hetero) is 1. The zero-order valence-electron chi connectivity index (χ0n) is 17.2. The van der Waals surface area contributed by atoms with E-state index in [4.69, 9.17) is 4.74 Å². The maximum Gasteiger partial charge on any atom is 0.336 e. The zero-order valence-corrected chi connectivity index (χ0v) is 17.2.